The number of hydrogen-bond donors (Lipinski definition) is 2. The van der Waals surface area contributed by atoms with Crippen LogP contribution in [0.15, 0.2) is 18.2 Å². The Labute approximate surface area is 141 Å². The van der Waals surface area contributed by atoms with E-state index in [0.717, 1.165) is 5.56 Å². The molecule has 1 amide bonds. The highest BCUT2D eigenvalue weighted by molar-refractivity contribution is 5.85. The maximum Gasteiger partial charge on any atom is 0.387 e. The van der Waals surface area contributed by atoms with Gasteiger partial charge in [0.1, 0.15) is 0 Å². The van der Waals surface area contributed by atoms with Crippen LogP contribution in [0.4, 0.5) is 8.78 Å². The summed E-state index contributed by atoms with van der Waals surface area (Å²) in [6.45, 7) is 1.86. The Balaban J connectivity index is 0.00000484. The molecule has 1 atom stereocenters. The minimum Gasteiger partial charge on any atom is -0.490 e. The SMILES string of the molecule is CCOc1cc(CNC(=O)C(C)CNC)ccc1OC(F)F.Cl. The molecular formula is C15H23ClF2N2O3. The first-order valence-electron chi connectivity index (χ1n) is 7.10. The van der Waals surface area contributed by atoms with Crippen molar-refractivity contribution < 1.29 is 23.0 Å². The van der Waals surface area contributed by atoms with Crippen molar-refractivity contribution in [3.63, 3.8) is 0 Å². The number of benzene rings is 1. The molecule has 0 radical (unpaired) electrons. The lowest BCUT2D eigenvalue weighted by Crippen LogP contribution is -2.33. The molecule has 0 aliphatic rings. The van der Waals surface area contributed by atoms with Crippen LogP contribution in [0.1, 0.15) is 19.4 Å². The summed E-state index contributed by atoms with van der Waals surface area (Å²) in [6, 6.07) is 4.61. The molecule has 2 N–H and O–H groups in total. The molecule has 23 heavy (non-hydrogen) atoms. The lowest BCUT2D eigenvalue weighted by Gasteiger charge is -2.14. The van der Waals surface area contributed by atoms with Gasteiger partial charge in [0.25, 0.3) is 0 Å². The van der Waals surface area contributed by atoms with Gasteiger partial charge in [-0.25, -0.2) is 0 Å². The number of amides is 1. The van der Waals surface area contributed by atoms with Crippen LogP contribution in [0, 0.1) is 5.92 Å². The highest BCUT2D eigenvalue weighted by Crippen LogP contribution is 2.29. The fourth-order valence-electron chi connectivity index (χ4n) is 1.89. The number of carbonyl (C=O) groups excluding carboxylic acids is 1. The molecule has 0 saturated carbocycles. The van der Waals surface area contributed by atoms with Crippen molar-refractivity contribution in [2.24, 2.45) is 5.92 Å². The molecule has 1 aromatic rings. The number of carbonyl (C=O) groups is 1. The topological polar surface area (TPSA) is 59.6 Å². The van der Waals surface area contributed by atoms with Crippen molar-refractivity contribution in [3.8, 4) is 11.5 Å². The van der Waals surface area contributed by atoms with Gasteiger partial charge in [-0.05, 0) is 31.7 Å². The highest BCUT2D eigenvalue weighted by Gasteiger charge is 2.14. The maximum absolute atomic E-state index is 12.3. The zero-order valence-corrected chi connectivity index (χ0v) is 14.2. The minimum absolute atomic E-state index is 0. The van der Waals surface area contributed by atoms with E-state index in [1.165, 1.54) is 6.07 Å². The molecular weight excluding hydrogens is 330 g/mol. The average molecular weight is 353 g/mol. The van der Waals surface area contributed by atoms with Crippen molar-refractivity contribution in [1.82, 2.24) is 10.6 Å². The Morgan fingerprint density at radius 1 is 1.30 bits per heavy atom. The normalized spacial score (nSPS) is 11.6. The van der Waals surface area contributed by atoms with E-state index in [1.54, 1.807) is 26.1 Å². The summed E-state index contributed by atoms with van der Waals surface area (Å²) in [4.78, 5) is 11.8. The van der Waals surface area contributed by atoms with E-state index >= 15 is 0 Å². The smallest absolute Gasteiger partial charge is 0.387 e. The Morgan fingerprint density at radius 2 is 2.00 bits per heavy atom. The largest absolute Gasteiger partial charge is 0.490 e. The summed E-state index contributed by atoms with van der Waals surface area (Å²) in [5.41, 5.74) is 0.745. The van der Waals surface area contributed by atoms with Crippen molar-refractivity contribution >= 4 is 18.3 Å². The van der Waals surface area contributed by atoms with Gasteiger partial charge in [0, 0.05) is 19.0 Å². The lowest BCUT2D eigenvalue weighted by atomic mass is 10.1. The van der Waals surface area contributed by atoms with Crippen LogP contribution in [0.3, 0.4) is 0 Å². The van der Waals surface area contributed by atoms with Crippen molar-refractivity contribution in [2.75, 3.05) is 20.2 Å². The highest BCUT2D eigenvalue weighted by atomic mass is 35.5. The molecule has 8 heteroatoms. The molecule has 0 aliphatic heterocycles. The fraction of sp³-hybridized carbons (Fsp3) is 0.533. The first kappa shape index (κ1) is 21.4. The van der Waals surface area contributed by atoms with Gasteiger partial charge in [-0.15, -0.1) is 12.4 Å². The van der Waals surface area contributed by atoms with E-state index in [4.69, 9.17) is 4.74 Å². The Kier molecular flexibility index (Phi) is 10.2. The second kappa shape index (κ2) is 11.0. The third-order valence-electron chi connectivity index (χ3n) is 2.95. The monoisotopic (exact) mass is 352 g/mol. The van der Waals surface area contributed by atoms with Gasteiger partial charge in [0.05, 0.1) is 6.61 Å². The number of hydrogen-bond acceptors (Lipinski definition) is 4. The number of alkyl halides is 2. The minimum atomic E-state index is -2.91. The zero-order chi connectivity index (χ0) is 16.5. The lowest BCUT2D eigenvalue weighted by molar-refractivity contribution is -0.124. The molecule has 0 heterocycles. The third kappa shape index (κ3) is 7.47. The second-order valence-corrected chi connectivity index (χ2v) is 4.77. The fourth-order valence-corrected chi connectivity index (χ4v) is 1.89. The molecule has 0 aliphatic carbocycles. The second-order valence-electron chi connectivity index (χ2n) is 4.77. The summed E-state index contributed by atoms with van der Waals surface area (Å²) >= 11 is 0. The predicted octanol–water partition coefficient (Wildman–Crippen LogP) is 2.58. The number of halogens is 3. The Hall–Kier alpha value is -1.60. The molecule has 1 unspecified atom stereocenters. The van der Waals surface area contributed by atoms with Crippen LogP contribution in [-0.4, -0.2) is 32.7 Å². The summed E-state index contributed by atoms with van der Waals surface area (Å²) in [5, 5.41) is 5.72. The Bertz CT molecular complexity index is 490. The van der Waals surface area contributed by atoms with Gasteiger partial charge in [-0.3, -0.25) is 4.79 Å². The first-order valence-corrected chi connectivity index (χ1v) is 7.10. The summed E-state index contributed by atoms with van der Waals surface area (Å²) < 4.78 is 34.3. The van der Waals surface area contributed by atoms with E-state index in [0.29, 0.717) is 19.7 Å². The molecule has 0 fully saturated rings. The average Bonchev–Trinajstić information content (AvgIpc) is 2.47. The molecule has 5 nitrogen and oxygen atoms in total. The van der Waals surface area contributed by atoms with Crippen LogP contribution >= 0.6 is 12.4 Å². The summed E-state index contributed by atoms with van der Waals surface area (Å²) in [6.07, 6.45) is 0. The van der Waals surface area contributed by atoms with Crippen LogP contribution < -0.4 is 20.1 Å². The van der Waals surface area contributed by atoms with Crippen LogP contribution in [0.2, 0.25) is 0 Å². The third-order valence-corrected chi connectivity index (χ3v) is 2.95. The summed E-state index contributed by atoms with van der Waals surface area (Å²) in [5.74, 6) is -0.0219. The summed E-state index contributed by atoms with van der Waals surface area (Å²) in [7, 11) is 1.78. The van der Waals surface area contributed by atoms with E-state index in [2.05, 4.69) is 15.4 Å². The number of rotatable bonds is 9. The first-order chi connectivity index (χ1) is 10.5. The van der Waals surface area contributed by atoms with Gasteiger partial charge in [-0.1, -0.05) is 13.0 Å². The molecule has 0 saturated heterocycles. The molecule has 0 aromatic heterocycles. The van der Waals surface area contributed by atoms with Crippen LogP contribution in [0.5, 0.6) is 11.5 Å². The van der Waals surface area contributed by atoms with Gasteiger partial charge >= 0.3 is 6.61 Å². The molecule has 1 aromatic carbocycles. The van der Waals surface area contributed by atoms with Gasteiger partial charge < -0.3 is 20.1 Å². The zero-order valence-electron chi connectivity index (χ0n) is 13.4. The quantitative estimate of drug-likeness (QED) is 0.717. The van der Waals surface area contributed by atoms with Crippen molar-refractivity contribution in [1.29, 1.82) is 0 Å². The van der Waals surface area contributed by atoms with Gasteiger partial charge in [0.2, 0.25) is 5.91 Å². The van der Waals surface area contributed by atoms with Crippen molar-refractivity contribution in [2.45, 2.75) is 27.0 Å². The predicted molar refractivity (Wildman–Crippen MR) is 86.4 cm³/mol. The van der Waals surface area contributed by atoms with Gasteiger partial charge in [-0.2, -0.15) is 8.78 Å². The standard InChI is InChI=1S/C15H22F2N2O3.ClH/c1-4-21-13-7-11(5-6-12(13)22-15(16)17)9-19-14(20)10(2)8-18-3;/h5-7,10,15,18H,4,8-9H2,1-3H3,(H,19,20);1H. The van der Waals surface area contributed by atoms with Crippen LogP contribution in [-0.2, 0) is 11.3 Å². The van der Waals surface area contributed by atoms with Gasteiger partial charge in [0.15, 0.2) is 11.5 Å². The number of ether oxygens (including phenoxy) is 2. The van der Waals surface area contributed by atoms with E-state index in [9.17, 15) is 13.6 Å². The molecule has 132 valence electrons. The Morgan fingerprint density at radius 3 is 2.57 bits per heavy atom. The molecule has 0 spiro atoms. The van der Waals surface area contributed by atoms with Crippen molar-refractivity contribution in [3.05, 3.63) is 23.8 Å². The molecule has 0 bridgehead atoms. The maximum atomic E-state index is 12.3. The van der Waals surface area contributed by atoms with E-state index < -0.39 is 6.61 Å². The van der Waals surface area contributed by atoms with E-state index in [1.807, 2.05) is 6.92 Å². The van der Waals surface area contributed by atoms with Crippen LogP contribution in [0.25, 0.3) is 0 Å². The number of nitrogens with one attached hydrogen (secondary N) is 2. The van der Waals surface area contributed by atoms with E-state index in [-0.39, 0.29) is 35.7 Å². The molecule has 1 rings (SSSR count).